The molecule has 0 aliphatic carbocycles. The summed E-state index contributed by atoms with van der Waals surface area (Å²) >= 11 is 0. The quantitative estimate of drug-likeness (QED) is 0.794. The van der Waals surface area contributed by atoms with E-state index >= 15 is 0 Å². The van der Waals surface area contributed by atoms with Crippen LogP contribution in [0.4, 0.5) is 13.2 Å². The van der Waals surface area contributed by atoms with E-state index in [9.17, 15) is 18.3 Å². The van der Waals surface area contributed by atoms with Gasteiger partial charge < -0.3 is 9.67 Å². The van der Waals surface area contributed by atoms with Crippen LogP contribution in [0.2, 0.25) is 0 Å². The van der Waals surface area contributed by atoms with Crippen molar-refractivity contribution in [1.82, 2.24) is 19.5 Å². The number of aliphatic hydroxyl groups is 1. The maximum absolute atomic E-state index is 12.9. The first-order valence-corrected chi connectivity index (χ1v) is 7.31. The summed E-state index contributed by atoms with van der Waals surface area (Å²) in [5, 5.41) is 9.50. The normalized spacial score (nSPS) is 12.3. The first-order chi connectivity index (χ1) is 11.3. The predicted molar refractivity (Wildman–Crippen MR) is 82.1 cm³/mol. The summed E-state index contributed by atoms with van der Waals surface area (Å²) in [5.41, 5.74) is 1.22. The second kappa shape index (κ2) is 5.86. The monoisotopic (exact) mass is 336 g/mol. The maximum atomic E-state index is 12.9. The number of fused-ring (bicyclic) bond motifs is 1. The van der Waals surface area contributed by atoms with Crippen molar-refractivity contribution in [3.8, 4) is 11.3 Å². The number of hydrogen-bond acceptors (Lipinski definition) is 4. The lowest BCUT2D eigenvalue weighted by atomic mass is 10.0. The topological polar surface area (TPSA) is 63.8 Å². The van der Waals surface area contributed by atoms with Gasteiger partial charge in [-0.3, -0.25) is 0 Å². The minimum Gasteiger partial charge on any atom is -0.392 e. The molecule has 1 aromatic carbocycles. The molecule has 0 saturated carbocycles. The number of aliphatic hydroxyl groups excluding tert-OH is 1. The summed E-state index contributed by atoms with van der Waals surface area (Å²) in [6.45, 7) is 3.41. The van der Waals surface area contributed by atoms with Gasteiger partial charge in [0.25, 0.3) is 0 Å². The number of halogens is 3. The molecule has 1 N–H and O–H groups in total. The van der Waals surface area contributed by atoms with Crippen LogP contribution in [-0.4, -0.2) is 24.6 Å². The molecule has 0 aliphatic rings. The third-order valence-corrected chi connectivity index (χ3v) is 3.77. The Balaban J connectivity index is 2.21. The highest BCUT2D eigenvalue weighted by atomic mass is 19.4. The van der Waals surface area contributed by atoms with Gasteiger partial charge in [-0.05, 0) is 31.5 Å². The Hall–Kier alpha value is -2.48. The molecule has 5 nitrogen and oxygen atoms in total. The van der Waals surface area contributed by atoms with Gasteiger partial charge in [-0.25, -0.2) is 15.0 Å². The molecular weight excluding hydrogens is 321 g/mol. The number of hydrogen-bond donors (Lipinski definition) is 1. The second-order valence-corrected chi connectivity index (χ2v) is 5.67. The van der Waals surface area contributed by atoms with E-state index in [-0.39, 0.29) is 11.6 Å². The van der Waals surface area contributed by atoms with Crippen molar-refractivity contribution < 1.29 is 18.3 Å². The van der Waals surface area contributed by atoms with Gasteiger partial charge >= 0.3 is 6.18 Å². The van der Waals surface area contributed by atoms with E-state index in [0.717, 1.165) is 12.1 Å². The molecule has 0 aliphatic heterocycles. The van der Waals surface area contributed by atoms with E-state index in [1.807, 2.05) is 18.4 Å². The van der Waals surface area contributed by atoms with E-state index < -0.39 is 18.3 Å². The summed E-state index contributed by atoms with van der Waals surface area (Å²) < 4.78 is 40.4. The molecular formula is C16H15F3N4O. The molecule has 3 aromatic rings. The molecule has 0 atom stereocenters. The largest absolute Gasteiger partial charge is 0.416 e. The lowest BCUT2D eigenvalue weighted by Crippen LogP contribution is -2.06. The number of alkyl halides is 3. The van der Waals surface area contributed by atoms with Crippen molar-refractivity contribution in [2.24, 2.45) is 0 Å². The summed E-state index contributed by atoms with van der Waals surface area (Å²) in [4.78, 5) is 12.7. The van der Waals surface area contributed by atoms with Gasteiger partial charge in [0.05, 0.1) is 18.5 Å². The number of imidazole rings is 1. The molecule has 0 spiro atoms. The minimum atomic E-state index is -4.47. The molecule has 0 amide bonds. The Morgan fingerprint density at radius 3 is 2.54 bits per heavy atom. The molecule has 2 heterocycles. The zero-order valence-corrected chi connectivity index (χ0v) is 13.0. The van der Waals surface area contributed by atoms with Crippen LogP contribution in [0.3, 0.4) is 0 Å². The van der Waals surface area contributed by atoms with Crippen molar-refractivity contribution in [2.45, 2.75) is 32.7 Å². The highest BCUT2D eigenvalue weighted by Gasteiger charge is 2.31. The molecule has 0 fully saturated rings. The highest BCUT2D eigenvalue weighted by Crippen LogP contribution is 2.34. The second-order valence-electron chi connectivity index (χ2n) is 5.67. The minimum absolute atomic E-state index is 0.127. The Kier molecular flexibility index (Phi) is 4.00. The summed E-state index contributed by atoms with van der Waals surface area (Å²) in [5.74, 6) is 0. The third-order valence-electron chi connectivity index (χ3n) is 3.77. The lowest BCUT2D eigenvalue weighted by molar-refractivity contribution is -0.137. The van der Waals surface area contributed by atoms with Crippen molar-refractivity contribution >= 4 is 11.2 Å². The van der Waals surface area contributed by atoms with Crippen LogP contribution < -0.4 is 0 Å². The van der Waals surface area contributed by atoms with Crippen molar-refractivity contribution in [3.05, 3.63) is 42.0 Å². The van der Waals surface area contributed by atoms with Crippen LogP contribution >= 0.6 is 0 Å². The molecule has 0 radical (unpaired) electrons. The molecule has 2 aromatic heterocycles. The van der Waals surface area contributed by atoms with Crippen molar-refractivity contribution in [2.75, 3.05) is 0 Å². The fourth-order valence-corrected chi connectivity index (χ4v) is 2.56. The summed E-state index contributed by atoms with van der Waals surface area (Å²) in [6.07, 6.45) is -1.50. The van der Waals surface area contributed by atoms with E-state index in [1.165, 1.54) is 12.4 Å². The van der Waals surface area contributed by atoms with Gasteiger partial charge in [-0.15, -0.1) is 0 Å². The number of nitrogens with zero attached hydrogens (tertiary/aromatic N) is 4. The van der Waals surface area contributed by atoms with Gasteiger partial charge in [0.1, 0.15) is 17.5 Å². The Morgan fingerprint density at radius 1 is 1.17 bits per heavy atom. The smallest absolute Gasteiger partial charge is 0.392 e. The van der Waals surface area contributed by atoms with Gasteiger partial charge in [0.15, 0.2) is 5.65 Å². The zero-order valence-electron chi connectivity index (χ0n) is 13.0. The average Bonchev–Trinajstić information content (AvgIpc) is 2.97. The van der Waals surface area contributed by atoms with Crippen LogP contribution in [0.25, 0.3) is 22.4 Å². The number of aromatic nitrogens is 4. The van der Waals surface area contributed by atoms with Gasteiger partial charge in [-0.1, -0.05) is 6.07 Å². The fraction of sp³-hybridized carbons (Fsp3) is 0.312. The fourth-order valence-electron chi connectivity index (χ4n) is 2.56. The van der Waals surface area contributed by atoms with Crippen LogP contribution in [-0.2, 0) is 12.8 Å². The Labute approximate surface area is 135 Å². The van der Waals surface area contributed by atoms with Crippen molar-refractivity contribution in [1.29, 1.82) is 0 Å². The molecule has 0 unspecified atom stereocenters. The first-order valence-electron chi connectivity index (χ1n) is 7.31. The Bertz CT molecular complexity index is 887. The van der Waals surface area contributed by atoms with Crippen LogP contribution in [0, 0.1) is 0 Å². The molecule has 126 valence electrons. The average molecular weight is 336 g/mol. The van der Waals surface area contributed by atoms with Gasteiger partial charge in [0, 0.05) is 11.6 Å². The number of rotatable bonds is 3. The van der Waals surface area contributed by atoms with Crippen LogP contribution in [0.1, 0.15) is 31.0 Å². The zero-order chi connectivity index (χ0) is 17.5. The van der Waals surface area contributed by atoms with E-state index in [4.69, 9.17) is 0 Å². The third kappa shape index (κ3) is 2.73. The van der Waals surface area contributed by atoms with E-state index in [2.05, 4.69) is 15.0 Å². The van der Waals surface area contributed by atoms with Crippen molar-refractivity contribution in [3.63, 3.8) is 0 Å². The molecule has 0 bridgehead atoms. The standard InChI is InChI=1S/C16H15F3N4O/c1-9(2)23-8-22-14-13(20-7-21-15(14)23)12-4-3-11(16(17,18)19)5-10(12)6-24/h3-5,7-9,24H,6H2,1-2H3. The van der Waals surface area contributed by atoms with Crippen LogP contribution in [0.5, 0.6) is 0 Å². The molecule has 24 heavy (non-hydrogen) atoms. The van der Waals surface area contributed by atoms with Gasteiger partial charge in [0.2, 0.25) is 0 Å². The lowest BCUT2D eigenvalue weighted by Gasteiger charge is -2.12. The summed E-state index contributed by atoms with van der Waals surface area (Å²) in [7, 11) is 0. The SMILES string of the molecule is CC(C)n1cnc2c(-c3ccc(C(F)(F)F)cc3CO)ncnc21. The van der Waals surface area contributed by atoms with Crippen LogP contribution in [0.15, 0.2) is 30.9 Å². The van der Waals surface area contributed by atoms with E-state index in [1.54, 1.807) is 6.33 Å². The number of benzene rings is 1. The molecule has 3 rings (SSSR count). The Morgan fingerprint density at radius 2 is 1.92 bits per heavy atom. The summed E-state index contributed by atoms with van der Waals surface area (Å²) in [6, 6.07) is 3.34. The molecule has 0 saturated heterocycles. The highest BCUT2D eigenvalue weighted by molar-refractivity contribution is 5.88. The van der Waals surface area contributed by atoms with Gasteiger partial charge in [-0.2, -0.15) is 13.2 Å². The first kappa shape index (κ1) is 16.4. The maximum Gasteiger partial charge on any atom is 0.416 e. The van der Waals surface area contributed by atoms with E-state index in [0.29, 0.717) is 22.4 Å². The predicted octanol–water partition coefficient (Wildman–Crippen LogP) is 3.59. The molecule has 8 heteroatoms.